The standard InChI is InChI=1S/C20H22N2O6S2/c1-14-5-2-3-11-22(14)30(26,27)16-9-7-15(8-10-16)20(25)28-13-18(23)21-19(24)17-6-4-12-29-17/h4,6-10,12,14H,2-3,5,11,13H2,1H3,(H,21,23,24). The van der Waals surface area contributed by atoms with Gasteiger partial charge in [0.2, 0.25) is 10.0 Å². The third kappa shape index (κ3) is 5.13. The summed E-state index contributed by atoms with van der Waals surface area (Å²) in [6.45, 7) is 1.74. The molecule has 2 aromatic rings. The minimum absolute atomic E-state index is 0.0659. The predicted octanol–water partition coefficient (Wildman–Crippen LogP) is 2.42. The number of carbonyl (C=O) groups excluding carboxylic acids is 3. The maximum atomic E-state index is 12.8. The molecule has 30 heavy (non-hydrogen) atoms. The third-order valence-corrected chi connectivity index (χ3v) is 7.67. The number of thiophene rings is 1. The first-order chi connectivity index (χ1) is 14.3. The Morgan fingerprint density at radius 3 is 2.53 bits per heavy atom. The fraction of sp³-hybridized carbons (Fsp3) is 0.350. The molecular formula is C20H22N2O6S2. The number of hydrogen-bond acceptors (Lipinski definition) is 7. The molecule has 3 rings (SSSR count). The molecule has 160 valence electrons. The summed E-state index contributed by atoms with van der Waals surface area (Å²) < 4.78 is 32.0. The Bertz CT molecular complexity index is 1020. The van der Waals surface area contributed by atoms with E-state index in [0.29, 0.717) is 11.4 Å². The van der Waals surface area contributed by atoms with Gasteiger partial charge >= 0.3 is 5.97 Å². The van der Waals surface area contributed by atoms with Gasteiger partial charge in [-0.05, 0) is 55.5 Å². The molecule has 0 bridgehead atoms. The number of esters is 1. The molecule has 0 saturated carbocycles. The maximum Gasteiger partial charge on any atom is 0.338 e. The van der Waals surface area contributed by atoms with Gasteiger partial charge in [0.25, 0.3) is 11.8 Å². The average Bonchev–Trinajstić information content (AvgIpc) is 3.27. The van der Waals surface area contributed by atoms with Crippen LogP contribution in [0, 0.1) is 0 Å². The summed E-state index contributed by atoms with van der Waals surface area (Å²) in [6, 6.07) is 8.58. The van der Waals surface area contributed by atoms with Gasteiger partial charge in [0.05, 0.1) is 15.3 Å². The van der Waals surface area contributed by atoms with Crippen LogP contribution in [0.25, 0.3) is 0 Å². The Labute approximate surface area is 178 Å². The molecule has 1 saturated heterocycles. The van der Waals surface area contributed by atoms with E-state index in [4.69, 9.17) is 4.74 Å². The Kier molecular flexibility index (Phi) is 7.01. The minimum atomic E-state index is -3.63. The van der Waals surface area contributed by atoms with Crippen LogP contribution in [0.5, 0.6) is 0 Å². The molecule has 0 aliphatic carbocycles. The van der Waals surface area contributed by atoms with E-state index >= 15 is 0 Å². The normalized spacial score (nSPS) is 17.3. The van der Waals surface area contributed by atoms with Crippen LogP contribution in [-0.4, -0.2) is 49.7 Å². The topological polar surface area (TPSA) is 110 Å². The Morgan fingerprint density at radius 1 is 1.17 bits per heavy atom. The molecule has 1 aromatic carbocycles. The summed E-state index contributed by atoms with van der Waals surface area (Å²) in [5, 5.41) is 3.83. The van der Waals surface area contributed by atoms with E-state index in [1.807, 2.05) is 6.92 Å². The van der Waals surface area contributed by atoms with Crippen molar-refractivity contribution in [2.75, 3.05) is 13.2 Å². The molecular weight excluding hydrogens is 428 g/mol. The van der Waals surface area contributed by atoms with E-state index in [0.717, 1.165) is 19.3 Å². The summed E-state index contributed by atoms with van der Waals surface area (Å²) in [5.74, 6) is -2.10. The molecule has 8 nitrogen and oxygen atoms in total. The van der Waals surface area contributed by atoms with E-state index in [2.05, 4.69) is 5.32 Å². The van der Waals surface area contributed by atoms with Gasteiger partial charge in [-0.15, -0.1) is 11.3 Å². The number of hydrogen-bond donors (Lipinski definition) is 1. The monoisotopic (exact) mass is 450 g/mol. The number of ether oxygens (including phenoxy) is 1. The SMILES string of the molecule is CC1CCCCN1S(=O)(=O)c1ccc(C(=O)OCC(=O)NC(=O)c2cccs2)cc1. The molecule has 2 amide bonds. The molecule has 1 unspecified atom stereocenters. The number of rotatable bonds is 6. The van der Waals surface area contributed by atoms with Crippen molar-refractivity contribution < 1.29 is 27.5 Å². The first-order valence-electron chi connectivity index (χ1n) is 9.46. The van der Waals surface area contributed by atoms with Gasteiger partial charge in [-0.1, -0.05) is 12.5 Å². The Balaban J connectivity index is 1.57. The van der Waals surface area contributed by atoms with Crippen molar-refractivity contribution in [3.05, 3.63) is 52.2 Å². The summed E-state index contributed by atoms with van der Waals surface area (Å²) in [5.41, 5.74) is 0.109. The molecule has 1 aliphatic heterocycles. The molecule has 10 heteroatoms. The lowest BCUT2D eigenvalue weighted by Gasteiger charge is -2.32. The number of imide groups is 1. The van der Waals surface area contributed by atoms with Crippen molar-refractivity contribution in [3.8, 4) is 0 Å². The zero-order chi connectivity index (χ0) is 21.7. The maximum absolute atomic E-state index is 12.8. The van der Waals surface area contributed by atoms with E-state index in [1.165, 1.54) is 39.9 Å². The van der Waals surface area contributed by atoms with E-state index in [1.54, 1.807) is 17.5 Å². The van der Waals surface area contributed by atoms with Gasteiger partial charge in [-0.3, -0.25) is 14.9 Å². The first kappa shape index (κ1) is 22.1. The minimum Gasteiger partial charge on any atom is -0.452 e. The molecule has 1 aliphatic rings. The zero-order valence-electron chi connectivity index (χ0n) is 16.4. The quantitative estimate of drug-likeness (QED) is 0.677. The largest absolute Gasteiger partial charge is 0.452 e. The molecule has 0 spiro atoms. The number of carbonyl (C=O) groups is 3. The lowest BCUT2D eigenvalue weighted by atomic mass is 10.1. The first-order valence-corrected chi connectivity index (χ1v) is 11.8. The molecule has 1 aromatic heterocycles. The molecule has 1 atom stereocenters. The predicted molar refractivity (Wildman–Crippen MR) is 111 cm³/mol. The highest BCUT2D eigenvalue weighted by Gasteiger charge is 2.31. The second-order valence-electron chi connectivity index (χ2n) is 6.92. The number of sulfonamides is 1. The van der Waals surface area contributed by atoms with Gasteiger partial charge in [0.1, 0.15) is 0 Å². The highest BCUT2D eigenvalue weighted by Crippen LogP contribution is 2.25. The number of nitrogens with one attached hydrogen (secondary N) is 1. The van der Waals surface area contributed by atoms with E-state index in [9.17, 15) is 22.8 Å². The second kappa shape index (κ2) is 9.50. The van der Waals surface area contributed by atoms with Crippen LogP contribution >= 0.6 is 11.3 Å². The van der Waals surface area contributed by atoms with Crippen LogP contribution < -0.4 is 5.32 Å². The Morgan fingerprint density at radius 2 is 1.90 bits per heavy atom. The summed E-state index contributed by atoms with van der Waals surface area (Å²) in [4.78, 5) is 36.2. The van der Waals surface area contributed by atoms with Crippen molar-refractivity contribution in [2.24, 2.45) is 0 Å². The van der Waals surface area contributed by atoms with Crippen LogP contribution in [0.3, 0.4) is 0 Å². The number of piperidine rings is 1. The third-order valence-electron chi connectivity index (χ3n) is 4.77. The highest BCUT2D eigenvalue weighted by atomic mass is 32.2. The van der Waals surface area contributed by atoms with Gasteiger partial charge in [-0.2, -0.15) is 4.31 Å². The molecule has 1 fully saturated rings. The van der Waals surface area contributed by atoms with Crippen molar-refractivity contribution >= 4 is 39.1 Å². The van der Waals surface area contributed by atoms with Crippen LogP contribution in [-0.2, 0) is 19.6 Å². The number of nitrogens with zero attached hydrogens (tertiary/aromatic N) is 1. The molecule has 2 heterocycles. The van der Waals surface area contributed by atoms with Gasteiger partial charge in [0.15, 0.2) is 6.61 Å². The van der Waals surface area contributed by atoms with Gasteiger partial charge in [0, 0.05) is 12.6 Å². The lowest BCUT2D eigenvalue weighted by molar-refractivity contribution is -0.123. The molecule has 0 radical (unpaired) electrons. The van der Waals surface area contributed by atoms with Crippen molar-refractivity contribution in [1.82, 2.24) is 9.62 Å². The van der Waals surface area contributed by atoms with Gasteiger partial charge < -0.3 is 4.74 Å². The molecule has 1 N–H and O–H groups in total. The van der Waals surface area contributed by atoms with Crippen molar-refractivity contribution in [2.45, 2.75) is 37.1 Å². The Hall–Kier alpha value is -2.56. The van der Waals surface area contributed by atoms with Crippen LogP contribution in [0.15, 0.2) is 46.7 Å². The number of benzene rings is 1. The number of amides is 2. The summed E-state index contributed by atoms with van der Waals surface area (Å²) in [7, 11) is -3.63. The smallest absolute Gasteiger partial charge is 0.338 e. The fourth-order valence-corrected chi connectivity index (χ4v) is 5.49. The summed E-state index contributed by atoms with van der Waals surface area (Å²) >= 11 is 1.18. The van der Waals surface area contributed by atoms with Crippen LogP contribution in [0.2, 0.25) is 0 Å². The second-order valence-corrected chi connectivity index (χ2v) is 9.75. The fourth-order valence-electron chi connectivity index (χ4n) is 3.17. The highest BCUT2D eigenvalue weighted by molar-refractivity contribution is 7.89. The van der Waals surface area contributed by atoms with Crippen LogP contribution in [0.1, 0.15) is 46.2 Å². The van der Waals surface area contributed by atoms with E-state index in [-0.39, 0.29) is 16.5 Å². The van der Waals surface area contributed by atoms with Crippen LogP contribution in [0.4, 0.5) is 0 Å². The summed E-state index contributed by atoms with van der Waals surface area (Å²) in [6.07, 6.45) is 2.65. The lowest BCUT2D eigenvalue weighted by Crippen LogP contribution is -2.41. The van der Waals surface area contributed by atoms with Gasteiger partial charge in [-0.25, -0.2) is 13.2 Å². The zero-order valence-corrected chi connectivity index (χ0v) is 18.0. The van der Waals surface area contributed by atoms with Crippen molar-refractivity contribution in [1.29, 1.82) is 0 Å². The van der Waals surface area contributed by atoms with E-state index < -0.39 is 34.4 Å². The average molecular weight is 451 g/mol. The van der Waals surface area contributed by atoms with Crippen molar-refractivity contribution in [3.63, 3.8) is 0 Å².